The predicted molar refractivity (Wildman–Crippen MR) is 90.3 cm³/mol. The molecule has 0 spiro atoms. The number of nitrogens with one attached hydrogen (secondary N) is 2. The number of likely N-dealkylation sites (tertiary alicyclic amines) is 1. The van der Waals surface area contributed by atoms with Crippen LogP contribution >= 0.6 is 0 Å². The Morgan fingerprint density at radius 3 is 2.76 bits per heavy atom. The summed E-state index contributed by atoms with van der Waals surface area (Å²) < 4.78 is 39.4. The van der Waals surface area contributed by atoms with E-state index in [4.69, 9.17) is 0 Å². The molecule has 4 nitrogen and oxygen atoms in total. The first-order valence-electron chi connectivity index (χ1n) is 8.38. The number of nitrogens with zero attached hydrogens (tertiary/aromatic N) is 1. The number of hydrogen-bond donors (Lipinski definition) is 2. The van der Waals surface area contributed by atoms with Gasteiger partial charge in [0.1, 0.15) is 0 Å². The van der Waals surface area contributed by atoms with Crippen LogP contribution in [0.25, 0.3) is 10.9 Å². The van der Waals surface area contributed by atoms with Gasteiger partial charge in [0.15, 0.2) is 0 Å². The Kier molecular flexibility index (Phi) is 4.43. The number of aromatic amines is 1. The highest BCUT2D eigenvalue weighted by atomic mass is 19.4. The molecule has 0 unspecified atom stereocenters. The van der Waals surface area contributed by atoms with Crippen molar-refractivity contribution < 1.29 is 18.0 Å². The van der Waals surface area contributed by atoms with E-state index in [-0.39, 0.29) is 13.0 Å². The van der Waals surface area contributed by atoms with Gasteiger partial charge in [0.2, 0.25) is 0 Å². The molecule has 1 fully saturated rings. The number of carbonyl (C=O) groups is 1. The number of aromatic nitrogens is 1. The van der Waals surface area contributed by atoms with Crippen LogP contribution in [0.2, 0.25) is 0 Å². The standard InChI is InChI=1S/C18H22F3N3O/c1-17(2)15(18(19,20)21)8-10-24(17)16(25)22-9-7-12-11-23-14-6-4-3-5-13(12)14/h3-6,11,15,23H,7-10H2,1-2H3,(H,22,25)/t15-/m1/s1. The zero-order chi connectivity index (χ0) is 18.2. The molecule has 0 saturated carbocycles. The summed E-state index contributed by atoms with van der Waals surface area (Å²) in [5, 5.41) is 3.85. The molecule has 136 valence electrons. The lowest BCUT2D eigenvalue weighted by atomic mass is 9.88. The van der Waals surface area contributed by atoms with Gasteiger partial charge >= 0.3 is 12.2 Å². The maximum Gasteiger partial charge on any atom is 0.394 e. The first kappa shape index (κ1) is 17.6. The topological polar surface area (TPSA) is 48.1 Å². The van der Waals surface area contributed by atoms with Crippen molar-refractivity contribution >= 4 is 16.9 Å². The van der Waals surface area contributed by atoms with Gasteiger partial charge in [0.05, 0.1) is 11.5 Å². The van der Waals surface area contributed by atoms with Gasteiger partial charge in [-0.1, -0.05) is 18.2 Å². The number of para-hydroxylation sites is 1. The van der Waals surface area contributed by atoms with E-state index in [2.05, 4.69) is 10.3 Å². The summed E-state index contributed by atoms with van der Waals surface area (Å²) in [6, 6.07) is 7.43. The van der Waals surface area contributed by atoms with E-state index < -0.39 is 23.7 Å². The number of benzene rings is 1. The maximum absolute atomic E-state index is 13.1. The van der Waals surface area contributed by atoms with Crippen LogP contribution in [0.15, 0.2) is 30.5 Å². The van der Waals surface area contributed by atoms with E-state index in [0.717, 1.165) is 16.5 Å². The Balaban J connectivity index is 1.60. The third-order valence-electron chi connectivity index (χ3n) is 5.18. The minimum absolute atomic E-state index is 0.0492. The number of alkyl halides is 3. The summed E-state index contributed by atoms with van der Waals surface area (Å²) in [6.07, 6.45) is -1.82. The lowest BCUT2D eigenvalue weighted by Crippen LogP contribution is -2.53. The van der Waals surface area contributed by atoms with E-state index in [1.807, 2.05) is 30.5 Å². The Morgan fingerprint density at radius 2 is 2.08 bits per heavy atom. The first-order chi connectivity index (χ1) is 11.7. The Hall–Kier alpha value is -2.18. The number of urea groups is 1. The molecule has 2 heterocycles. The molecule has 0 aliphatic carbocycles. The smallest absolute Gasteiger partial charge is 0.361 e. The summed E-state index contributed by atoms with van der Waals surface area (Å²) in [5.41, 5.74) is 0.866. The van der Waals surface area contributed by atoms with E-state index in [1.165, 1.54) is 18.7 Å². The predicted octanol–water partition coefficient (Wildman–Crippen LogP) is 4.08. The van der Waals surface area contributed by atoms with Crippen LogP contribution in [0.3, 0.4) is 0 Å². The van der Waals surface area contributed by atoms with Crippen molar-refractivity contribution in [2.45, 2.75) is 38.4 Å². The SMILES string of the molecule is CC1(C)[C@H](C(F)(F)F)CCN1C(=O)NCCc1c[nH]c2ccccc12. The quantitative estimate of drug-likeness (QED) is 0.858. The summed E-state index contributed by atoms with van der Waals surface area (Å²) in [4.78, 5) is 16.8. The number of halogens is 3. The first-order valence-corrected chi connectivity index (χ1v) is 8.38. The van der Waals surface area contributed by atoms with Crippen LogP contribution < -0.4 is 5.32 Å². The van der Waals surface area contributed by atoms with Crippen molar-refractivity contribution in [1.82, 2.24) is 15.2 Å². The largest absolute Gasteiger partial charge is 0.394 e. The molecule has 0 bridgehead atoms. The highest BCUT2D eigenvalue weighted by Crippen LogP contribution is 2.44. The van der Waals surface area contributed by atoms with Crippen LogP contribution in [0.4, 0.5) is 18.0 Å². The Labute approximate surface area is 144 Å². The second-order valence-corrected chi connectivity index (χ2v) is 7.03. The average Bonchev–Trinajstić information content (AvgIpc) is 3.07. The molecule has 7 heteroatoms. The number of rotatable bonds is 3. The number of hydrogen-bond acceptors (Lipinski definition) is 1. The summed E-state index contributed by atoms with van der Waals surface area (Å²) in [7, 11) is 0. The van der Waals surface area contributed by atoms with Gasteiger partial charge in [-0.25, -0.2) is 4.79 Å². The summed E-state index contributed by atoms with van der Waals surface area (Å²) in [6.45, 7) is 3.47. The van der Waals surface area contributed by atoms with Gasteiger partial charge < -0.3 is 15.2 Å². The van der Waals surface area contributed by atoms with Crippen LogP contribution in [-0.2, 0) is 6.42 Å². The minimum atomic E-state index is -4.29. The van der Waals surface area contributed by atoms with Crippen LogP contribution in [0.5, 0.6) is 0 Å². The Bertz CT molecular complexity index is 766. The summed E-state index contributed by atoms with van der Waals surface area (Å²) in [5.74, 6) is -1.49. The zero-order valence-corrected chi connectivity index (χ0v) is 14.3. The van der Waals surface area contributed by atoms with Gasteiger partial charge in [-0.3, -0.25) is 0 Å². The molecular weight excluding hydrogens is 331 g/mol. The molecule has 1 aliphatic rings. The fraction of sp³-hybridized carbons (Fsp3) is 0.500. The molecule has 1 aromatic heterocycles. The van der Waals surface area contributed by atoms with Crippen molar-refractivity contribution in [3.05, 3.63) is 36.0 Å². The van der Waals surface area contributed by atoms with Crippen molar-refractivity contribution in [3.63, 3.8) is 0 Å². The van der Waals surface area contributed by atoms with E-state index in [1.54, 1.807) is 0 Å². The van der Waals surface area contributed by atoms with E-state index in [0.29, 0.717) is 13.0 Å². The van der Waals surface area contributed by atoms with E-state index in [9.17, 15) is 18.0 Å². The lowest BCUT2D eigenvalue weighted by molar-refractivity contribution is -0.189. The van der Waals surface area contributed by atoms with Crippen LogP contribution in [0.1, 0.15) is 25.8 Å². The molecule has 0 radical (unpaired) electrons. The fourth-order valence-electron chi connectivity index (χ4n) is 3.75. The highest BCUT2D eigenvalue weighted by molar-refractivity contribution is 5.83. The second kappa shape index (κ2) is 6.28. The van der Waals surface area contributed by atoms with Gasteiger partial charge in [-0.2, -0.15) is 13.2 Å². The molecule has 2 amide bonds. The van der Waals surface area contributed by atoms with Crippen LogP contribution in [0, 0.1) is 5.92 Å². The van der Waals surface area contributed by atoms with Crippen molar-refractivity contribution in [3.8, 4) is 0 Å². The molecule has 2 aromatic rings. The molecule has 1 aromatic carbocycles. The third kappa shape index (κ3) is 3.32. The number of fused-ring (bicyclic) bond motifs is 1. The lowest BCUT2D eigenvalue weighted by Gasteiger charge is -2.36. The molecule has 1 atom stereocenters. The fourth-order valence-corrected chi connectivity index (χ4v) is 3.75. The molecule has 1 saturated heterocycles. The average molecular weight is 353 g/mol. The van der Waals surface area contributed by atoms with Gasteiger partial charge in [0, 0.05) is 30.2 Å². The zero-order valence-electron chi connectivity index (χ0n) is 14.3. The monoisotopic (exact) mass is 353 g/mol. The van der Waals surface area contributed by atoms with Gasteiger partial charge in [-0.05, 0) is 38.3 Å². The van der Waals surface area contributed by atoms with E-state index >= 15 is 0 Å². The maximum atomic E-state index is 13.1. The number of carbonyl (C=O) groups excluding carboxylic acids is 1. The van der Waals surface area contributed by atoms with Gasteiger partial charge in [0.25, 0.3) is 0 Å². The highest BCUT2D eigenvalue weighted by Gasteiger charge is 2.56. The van der Waals surface area contributed by atoms with Gasteiger partial charge in [-0.15, -0.1) is 0 Å². The van der Waals surface area contributed by atoms with Crippen molar-refractivity contribution in [1.29, 1.82) is 0 Å². The molecule has 3 rings (SSSR count). The molecule has 2 N–H and O–H groups in total. The third-order valence-corrected chi connectivity index (χ3v) is 5.18. The molecule has 1 aliphatic heterocycles. The second-order valence-electron chi connectivity index (χ2n) is 7.03. The van der Waals surface area contributed by atoms with Crippen molar-refractivity contribution in [2.75, 3.05) is 13.1 Å². The Morgan fingerprint density at radius 1 is 1.36 bits per heavy atom. The van der Waals surface area contributed by atoms with Crippen molar-refractivity contribution in [2.24, 2.45) is 5.92 Å². The number of amides is 2. The number of H-pyrrole nitrogens is 1. The minimum Gasteiger partial charge on any atom is -0.361 e. The normalized spacial score (nSPS) is 20.2. The summed E-state index contributed by atoms with van der Waals surface area (Å²) >= 11 is 0. The van der Waals surface area contributed by atoms with Crippen LogP contribution in [-0.4, -0.2) is 40.7 Å². The molecular formula is C18H22F3N3O. The molecule has 25 heavy (non-hydrogen) atoms.